The minimum absolute atomic E-state index is 0. The Hall–Kier alpha value is -1.55. The third-order valence-corrected chi connectivity index (χ3v) is 5.81. The van der Waals surface area contributed by atoms with Crippen molar-refractivity contribution in [2.75, 3.05) is 64.9 Å². The molecule has 1 amide bonds. The highest BCUT2D eigenvalue weighted by atomic mass is 127. The lowest BCUT2D eigenvalue weighted by Gasteiger charge is -2.38. The van der Waals surface area contributed by atoms with Crippen LogP contribution < -0.4 is 10.2 Å². The number of hydrogen-bond donors (Lipinski definition) is 1. The third-order valence-electron chi connectivity index (χ3n) is 5.81. The molecule has 2 aliphatic rings. The monoisotopic (exact) mass is 529 g/mol. The Labute approximate surface area is 197 Å². The van der Waals surface area contributed by atoms with E-state index in [4.69, 9.17) is 4.74 Å². The molecule has 1 aromatic rings. The van der Waals surface area contributed by atoms with Crippen molar-refractivity contribution in [1.82, 2.24) is 15.1 Å². The number of guanidine groups is 1. The van der Waals surface area contributed by atoms with Crippen molar-refractivity contribution in [1.29, 1.82) is 0 Å². The molecule has 0 aliphatic carbocycles. The topological polar surface area (TPSA) is 60.4 Å². The maximum absolute atomic E-state index is 12.0. The predicted molar refractivity (Wildman–Crippen MR) is 133 cm³/mol. The molecular weight excluding hydrogens is 493 g/mol. The number of anilines is 1. The third kappa shape index (κ3) is 6.73. The minimum atomic E-state index is 0. The number of carbonyl (C=O) groups excluding carboxylic acids is 1. The first-order chi connectivity index (χ1) is 13.9. The first-order valence-electron chi connectivity index (χ1n) is 10.6. The lowest BCUT2D eigenvalue weighted by Crippen LogP contribution is -2.53. The number of nitrogens with one attached hydrogen (secondary N) is 1. The molecule has 30 heavy (non-hydrogen) atoms. The van der Waals surface area contributed by atoms with Crippen LogP contribution in [-0.4, -0.2) is 87.7 Å². The van der Waals surface area contributed by atoms with E-state index in [9.17, 15) is 4.79 Å². The molecular formula is C22H36IN5O2. The van der Waals surface area contributed by atoms with Gasteiger partial charge in [-0.2, -0.15) is 0 Å². The normalized spacial score (nSPS) is 19.5. The van der Waals surface area contributed by atoms with E-state index >= 15 is 0 Å². The fraction of sp³-hybridized carbons (Fsp3) is 0.636. The maximum Gasteiger partial charge on any atom is 0.243 e. The quantitative estimate of drug-likeness (QED) is 0.361. The molecule has 0 spiro atoms. The number of amides is 1. The van der Waals surface area contributed by atoms with Crippen LogP contribution >= 0.6 is 24.0 Å². The first-order valence-corrected chi connectivity index (χ1v) is 10.6. The van der Waals surface area contributed by atoms with Crippen molar-refractivity contribution in [2.45, 2.75) is 32.8 Å². The largest absolute Gasteiger partial charge is 0.376 e. The van der Waals surface area contributed by atoms with Gasteiger partial charge in [-0.15, -0.1) is 24.0 Å². The van der Waals surface area contributed by atoms with Crippen molar-refractivity contribution >= 4 is 41.5 Å². The van der Waals surface area contributed by atoms with Crippen LogP contribution in [0.2, 0.25) is 0 Å². The molecule has 7 nitrogen and oxygen atoms in total. The van der Waals surface area contributed by atoms with Crippen LogP contribution in [0.1, 0.15) is 24.0 Å². The fourth-order valence-corrected chi connectivity index (χ4v) is 3.66. The molecule has 1 unspecified atom stereocenters. The summed E-state index contributed by atoms with van der Waals surface area (Å²) in [5, 5.41) is 3.46. The van der Waals surface area contributed by atoms with E-state index in [1.807, 2.05) is 0 Å². The Morgan fingerprint density at radius 1 is 1.20 bits per heavy atom. The summed E-state index contributed by atoms with van der Waals surface area (Å²) in [6, 6.07) is 6.67. The van der Waals surface area contributed by atoms with Gasteiger partial charge in [0.25, 0.3) is 0 Å². The van der Waals surface area contributed by atoms with E-state index in [1.165, 1.54) is 16.8 Å². The van der Waals surface area contributed by atoms with Crippen molar-refractivity contribution < 1.29 is 9.53 Å². The van der Waals surface area contributed by atoms with Crippen molar-refractivity contribution in [3.05, 3.63) is 29.3 Å². The zero-order valence-corrected chi connectivity index (χ0v) is 21.0. The highest BCUT2D eigenvalue weighted by Gasteiger charge is 2.22. The average molecular weight is 529 g/mol. The molecule has 0 bridgehead atoms. The summed E-state index contributed by atoms with van der Waals surface area (Å²) in [4.78, 5) is 22.9. The van der Waals surface area contributed by atoms with Gasteiger partial charge in [0.05, 0.1) is 6.10 Å². The highest BCUT2D eigenvalue weighted by molar-refractivity contribution is 14.0. The van der Waals surface area contributed by atoms with E-state index in [0.717, 1.165) is 58.1 Å². The number of aryl methyl sites for hydroxylation is 2. The first kappa shape index (κ1) is 24.7. The molecule has 0 radical (unpaired) electrons. The molecule has 2 saturated heterocycles. The maximum atomic E-state index is 12.0. The van der Waals surface area contributed by atoms with Crippen LogP contribution in [0.5, 0.6) is 0 Å². The lowest BCUT2D eigenvalue weighted by molar-refractivity contribution is -0.127. The molecule has 0 saturated carbocycles. The number of nitrogens with zero attached hydrogens (tertiary/aromatic N) is 4. The van der Waals surface area contributed by atoms with Crippen LogP contribution in [0, 0.1) is 13.8 Å². The van der Waals surface area contributed by atoms with Crippen LogP contribution in [0.15, 0.2) is 23.2 Å². The second kappa shape index (κ2) is 11.7. The summed E-state index contributed by atoms with van der Waals surface area (Å²) in [7, 11) is 3.53. The standard InChI is InChI=1S/C22H35N5O2.HI/c1-17-7-8-19(14-18(17)2)26-9-11-27(12-10-26)22(24-16-21(28)25(3)4)23-15-20-6-5-13-29-20;/h7-8,14,20H,5-6,9-13,15-16H2,1-4H3,(H,23,24);1H. The molecule has 3 rings (SSSR count). The van der Waals surface area contributed by atoms with Crippen LogP contribution in [0.25, 0.3) is 0 Å². The van der Waals surface area contributed by atoms with Gasteiger partial charge in [0.15, 0.2) is 5.96 Å². The van der Waals surface area contributed by atoms with Gasteiger partial charge in [-0.1, -0.05) is 6.07 Å². The SMILES string of the molecule is Cc1ccc(N2CCN(C(=NCC(=O)N(C)C)NCC3CCCO3)CC2)cc1C.I. The summed E-state index contributed by atoms with van der Waals surface area (Å²) >= 11 is 0. The van der Waals surface area contributed by atoms with Gasteiger partial charge in [-0.05, 0) is 49.9 Å². The number of rotatable bonds is 5. The van der Waals surface area contributed by atoms with Gasteiger partial charge >= 0.3 is 0 Å². The van der Waals surface area contributed by atoms with Crippen molar-refractivity contribution in [2.24, 2.45) is 4.99 Å². The van der Waals surface area contributed by atoms with Crippen molar-refractivity contribution in [3.63, 3.8) is 0 Å². The highest BCUT2D eigenvalue weighted by Crippen LogP contribution is 2.20. The van der Waals surface area contributed by atoms with Gasteiger partial charge in [0.2, 0.25) is 5.91 Å². The molecule has 2 aliphatic heterocycles. The minimum Gasteiger partial charge on any atom is -0.376 e. The van der Waals surface area contributed by atoms with Gasteiger partial charge in [-0.25, -0.2) is 4.99 Å². The van der Waals surface area contributed by atoms with Crippen LogP contribution in [0.3, 0.4) is 0 Å². The number of ether oxygens (including phenoxy) is 1. The molecule has 1 aromatic carbocycles. The molecule has 0 aromatic heterocycles. The van der Waals surface area contributed by atoms with E-state index in [1.54, 1.807) is 19.0 Å². The zero-order valence-electron chi connectivity index (χ0n) is 18.7. The van der Waals surface area contributed by atoms with E-state index in [2.05, 4.69) is 52.2 Å². The molecule has 1 N–H and O–H groups in total. The number of halogens is 1. The summed E-state index contributed by atoms with van der Waals surface area (Å²) in [6.07, 6.45) is 2.44. The Bertz CT molecular complexity index is 726. The Balaban J connectivity index is 0.00000320. The molecule has 8 heteroatoms. The number of benzene rings is 1. The van der Waals surface area contributed by atoms with Crippen LogP contribution in [-0.2, 0) is 9.53 Å². The summed E-state index contributed by atoms with van der Waals surface area (Å²) in [6.45, 7) is 9.68. The zero-order chi connectivity index (χ0) is 20.8. The molecule has 1 atom stereocenters. The van der Waals surface area contributed by atoms with E-state index < -0.39 is 0 Å². The lowest BCUT2D eigenvalue weighted by atomic mass is 10.1. The average Bonchev–Trinajstić information content (AvgIpc) is 3.23. The summed E-state index contributed by atoms with van der Waals surface area (Å²) in [5.41, 5.74) is 3.93. The van der Waals surface area contributed by atoms with Crippen LogP contribution in [0.4, 0.5) is 5.69 Å². The van der Waals surface area contributed by atoms with Crippen molar-refractivity contribution in [3.8, 4) is 0 Å². The Morgan fingerprint density at radius 3 is 2.53 bits per heavy atom. The summed E-state index contributed by atoms with van der Waals surface area (Å²) in [5.74, 6) is 0.825. The number of aliphatic imine (C=N–C) groups is 1. The van der Waals surface area contributed by atoms with Gasteiger partial charge in [-0.3, -0.25) is 4.79 Å². The van der Waals surface area contributed by atoms with E-state index in [-0.39, 0.29) is 42.5 Å². The van der Waals surface area contributed by atoms with Gasteiger partial charge in [0.1, 0.15) is 6.54 Å². The van der Waals surface area contributed by atoms with Gasteiger partial charge < -0.3 is 24.8 Å². The molecule has 2 heterocycles. The second-order valence-electron chi connectivity index (χ2n) is 8.19. The van der Waals surface area contributed by atoms with E-state index in [0.29, 0.717) is 0 Å². The second-order valence-corrected chi connectivity index (χ2v) is 8.19. The number of carbonyl (C=O) groups is 1. The molecule has 168 valence electrons. The predicted octanol–water partition coefficient (Wildman–Crippen LogP) is 2.26. The van der Waals surface area contributed by atoms with Gasteiger partial charge in [0, 0.05) is 59.1 Å². The molecule has 2 fully saturated rings. The Kier molecular flexibility index (Phi) is 9.67. The summed E-state index contributed by atoms with van der Waals surface area (Å²) < 4.78 is 5.73. The Morgan fingerprint density at radius 2 is 1.93 bits per heavy atom. The fourth-order valence-electron chi connectivity index (χ4n) is 3.66. The number of hydrogen-bond acceptors (Lipinski definition) is 4. The smallest absolute Gasteiger partial charge is 0.243 e. The number of likely N-dealkylation sites (N-methyl/N-ethyl adjacent to an activating group) is 1. The number of piperazine rings is 1.